The number of hydrogen-bond acceptors (Lipinski definition) is 7. The van der Waals surface area contributed by atoms with Gasteiger partial charge in [0.2, 0.25) is 0 Å². The van der Waals surface area contributed by atoms with Crippen LogP contribution in [0.5, 0.6) is 0 Å². The largest absolute Gasteiger partial charge is 0.462 e. The quantitative estimate of drug-likeness (QED) is 0.307. The van der Waals surface area contributed by atoms with E-state index in [9.17, 15) is 24.5 Å². The van der Waals surface area contributed by atoms with Crippen molar-refractivity contribution in [2.75, 3.05) is 20.1 Å². The number of aliphatic imine (C=N–C) groups is 1. The van der Waals surface area contributed by atoms with Crippen molar-refractivity contribution >= 4 is 29.4 Å². The Morgan fingerprint density at radius 1 is 1.19 bits per heavy atom. The SMILES string of the molecule is CC1=NC(=O)N(C(=O)NCCN(C)Cc2ccccc2)C(c2cccc([N+](=O)[O-])c2)C1C(=O)OC(C)C. The van der Waals surface area contributed by atoms with Gasteiger partial charge in [0.05, 0.1) is 17.1 Å². The predicted octanol–water partition coefficient (Wildman–Crippen LogP) is 3.94. The minimum absolute atomic E-state index is 0.166. The number of hydrogen-bond donors (Lipinski definition) is 1. The van der Waals surface area contributed by atoms with E-state index in [1.807, 2.05) is 42.3 Å². The molecule has 0 saturated heterocycles. The van der Waals surface area contributed by atoms with Gasteiger partial charge in [0.15, 0.2) is 0 Å². The van der Waals surface area contributed by atoms with Gasteiger partial charge in [-0.1, -0.05) is 42.5 Å². The molecule has 11 heteroatoms. The highest BCUT2D eigenvalue weighted by molar-refractivity contribution is 6.11. The number of ether oxygens (including phenoxy) is 1. The molecule has 1 heterocycles. The summed E-state index contributed by atoms with van der Waals surface area (Å²) in [6, 6.07) is 12.6. The van der Waals surface area contributed by atoms with Crippen LogP contribution in [0, 0.1) is 16.0 Å². The van der Waals surface area contributed by atoms with Crippen molar-refractivity contribution in [2.24, 2.45) is 10.9 Å². The number of esters is 1. The number of carbonyl (C=O) groups excluding carboxylic acids is 3. The normalized spacial score (nSPS) is 17.5. The summed E-state index contributed by atoms with van der Waals surface area (Å²) in [6.07, 6.45) is -0.453. The molecule has 37 heavy (non-hydrogen) atoms. The predicted molar refractivity (Wildman–Crippen MR) is 137 cm³/mol. The molecule has 4 amide bonds. The molecular weight excluding hydrogens is 478 g/mol. The van der Waals surface area contributed by atoms with Crippen molar-refractivity contribution in [2.45, 2.75) is 39.5 Å². The number of nitro benzene ring substituents is 1. The van der Waals surface area contributed by atoms with Gasteiger partial charge in [0.1, 0.15) is 5.92 Å². The summed E-state index contributed by atoms with van der Waals surface area (Å²) in [5.41, 5.74) is 1.30. The minimum Gasteiger partial charge on any atom is -0.462 e. The number of non-ortho nitro benzene ring substituents is 1. The second-order valence-electron chi connectivity index (χ2n) is 9.12. The van der Waals surface area contributed by atoms with Gasteiger partial charge in [-0.25, -0.2) is 19.5 Å². The third-order valence-corrected chi connectivity index (χ3v) is 5.83. The highest BCUT2D eigenvalue weighted by Crippen LogP contribution is 2.36. The first-order chi connectivity index (χ1) is 17.6. The summed E-state index contributed by atoms with van der Waals surface area (Å²) < 4.78 is 5.39. The molecule has 196 valence electrons. The second kappa shape index (κ2) is 12.2. The van der Waals surface area contributed by atoms with Crippen molar-refractivity contribution in [3.8, 4) is 0 Å². The molecule has 0 fully saturated rings. The lowest BCUT2D eigenvalue weighted by Gasteiger charge is -2.37. The van der Waals surface area contributed by atoms with Crippen LogP contribution in [0.3, 0.4) is 0 Å². The molecule has 2 atom stereocenters. The number of nitro groups is 1. The van der Waals surface area contributed by atoms with Crippen LogP contribution in [0.4, 0.5) is 15.3 Å². The van der Waals surface area contributed by atoms with Crippen molar-refractivity contribution in [1.82, 2.24) is 15.1 Å². The van der Waals surface area contributed by atoms with E-state index in [1.54, 1.807) is 13.8 Å². The number of nitrogens with zero attached hydrogens (tertiary/aromatic N) is 4. The van der Waals surface area contributed by atoms with E-state index in [1.165, 1.54) is 31.2 Å². The van der Waals surface area contributed by atoms with Crippen molar-refractivity contribution in [1.29, 1.82) is 0 Å². The van der Waals surface area contributed by atoms with Gasteiger partial charge in [0.25, 0.3) is 5.69 Å². The van der Waals surface area contributed by atoms with E-state index >= 15 is 0 Å². The Morgan fingerprint density at radius 2 is 1.89 bits per heavy atom. The van der Waals surface area contributed by atoms with Crippen LogP contribution >= 0.6 is 0 Å². The smallest absolute Gasteiger partial charge is 0.352 e. The molecule has 0 bridgehead atoms. The molecule has 1 aliphatic heterocycles. The number of likely N-dealkylation sites (N-methyl/N-ethyl adjacent to an activating group) is 1. The fourth-order valence-corrected chi connectivity index (χ4v) is 4.17. The summed E-state index contributed by atoms with van der Waals surface area (Å²) in [4.78, 5) is 56.9. The molecule has 2 aromatic rings. The van der Waals surface area contributed by atoms with Gasteiger partial charge >= 0.3 is 18.0 Å². The van der Waals surface area contributed by atoms with Crippen molar-refractivity contribution < 1.29 is 24.0 Å². The number of benzene rings is 2. The molecular formula is C26H31N5O6. The lowest BCUT2D eigenvalue weighted by atomic mass is 9.86. The van der Waals surface area contributed by atoms with Gasteiger partial charge in [-0.15, -0.1) is 0 Å². The minimum atomic E-state index is -1.17. The van der Waals surface area contributed by atoms with E-state index < -0.39 is 41.0 Å². The average Bonchev–Trinajstić information content (AvgIpc) is 2.83. The maximum absolute atomic E-state index is 13.3. The fourth-order valence-electron chi connectivity index (χ4n) is 4.17. The number of imide groups is 1. The van der Waals surface area contributed by atoms with E-state index in [0.717, 1.165) is 10.5 Å². The van der Waals surface area contributed by atoms with Crippen LogP contribution in [0.25, 0.3) is 0 Å². The molecule has 0 radical (unpaired) electrons. The highest BCUT2D eigenvalue weighted by Gasteiger charge is 2.46. The van der Waals surface area contributed by atoms with Gasteiger partial charge in [-0.05, 0) is 38.9 Å². The summed E-state index contributed by atoms with van der Waals surface area (Å²) in [5, 5.41) is 14.1. The zero-order chi connectivity index (χ0) is 27.1. The third kappa shape index (κ3) is 6.98. The van der Waals surface area contributed by atoms with Crippen LogP contribution in [-0.2, 0) is 16.1 Å². The molecule has 2 aromatic carbocycles. The Balaban J connectivity index is 1.85. The first-order valence-corrected chi connectivity index (χ1v) is 11.9. The second-order valence-corrected chi connectivity index (χ2v) is 9.12. The van der Waals surface area contributed by atoms with Crippen LogP contribution in [-0.4, -0.2) is 64.7 Å². The van der Waals surface area contributed by atoms with Crippen LogP contribution in [0.15, 0.2) is 59.6 Å². The third-order valence-electron chi connectivity index (χ3n) is 5.83. The number of carbonyl (C=O) groups is 3. The summed E-state index contributed by atoms with van der Waals surface area (Å²) in [5.74, 6) is -1.80. The topological polar surface area (TPSA) is 134 Å². The fraction of sp³-hybridized carbons (Fsp3) is 0.385. The summed E-state index contributed by atoms with van der Waals surface area (Å²) >= 11 is 0. The lowest BCUT2D eigenvalue weighted by molar-refractivity contribution is -0.385. The molecule has 0 aliphatic carbocycles. The molecule has 1 aliphatic rings. The average molecular weight is 510 g/mol. The van der Waals surface area contributed by atoms with E-state index in [2.05, 4.69) is 10.3 Å². The standard InChI is InChI=1S/C26H31N5O6/c1-17(2)37-24(32)22-18(3)28-26(34)30(23(22)20-11-8-12-21(15-20)31(35)36)25(33)27-13-14-29(4)16-19-9-6-5-7-10-19/h5-12,15,17,22-23H,13-14,16H2,1-4H3,(H,27,33). The maximum atomic E-state index is 13.3. The zero-order valence-corrected chi connectivity index (χ0v) is 21.3. The highest BCUT2D eigenvalue weighted by atomic mass is 16.6. The Morgan fingerprint density at radius 3 is 2.54 bits per heavy atom. The Kier molecular flexibility index (Phi) is 9.07. The lowest BCUT2D eigenvalue weighted by Crippen LogP contribution is -2.53. The number of urea groups is 2. The maximum Gasteiger partial charge on any atom is 0.352 e. The van der Waals surface area contributed by atoms with Gasteiger partial charge in [-0.2, -0.15) is 0 Å². The molecule has 3 rings (SSSR count). The Bertz CT molecular complexity index is 1180. The summed E-state index contributed by atoms with van der Waals surface area (Å²) in [6.45, 7) is 6.24. The van der Waals surface area contributed by atoms with Gasteiger partial charge < -0.3 is 15.0 Å². The van der Waals surface area contributed by atoms with Gasteiger partial charge in [0, 0.05) is 37.5 Å². The Labute approximate surface area is 215 Å². The van der Waals surface area contributed by atoms with E-state index in [-0.39, 0.29) is 23.5 Å². The number of rotatable bonds is 9. The van der Waals surface area contributed by atoms with Crippen LogP contribution in [0.2, 0.25) is 0 Å². The zero-order valence-electron chi connectivity index (χ0n) is 21.3. The van der Waals surface area contributed by atoms with Crippen molar-refractivity contribution in [3.63, 3.8) is 0 Å². The van der Waals surface area contributed by atoms with E-state index in [4.69, 9.17) is 4.74 Å². The monoisotopic (exact) mass is 509 g/mol. The number of nitrogens with one attached hydrogen (secondary N) is 1. The summed E-state index contributed by atoms with van der Waals surface area (Å²) in [7, 11) is 1.91. The van der Waals surface area contributed by atoms with E-state index in [0.29, 0.717) is 13.1 Å². The molecule has 0 saturated carbocycles. The van der Waals surface area contributed by atoms with Crippen LogP contribution in [0.1, 0.15) is 37.9 Å². The van der Waals surface area contributed by atoms with Gasteiger partial charge in [-0.3, -0.25) is 14.9 Å². The van der Waals surface area contributed by atoms with Crippen molar-refractivity contribution in [3.05, 3.63) is 75.8 Å². The first kappa shape index (κ1) is 27.5. The van der Waals surface area contributed by atoms with Crippen LogP contribution < -0.4 is 5.32 Å². The molecule has 0 aromatic heterocycles. The Hall–Kier alpha value is -4.12. The molecule has 2 unspecified atom stereocenters. The first-order valence-electron chi connectivity index (χ1n) is 11.9. The number of amides is 4. The molecule has 1 N–H and O–H groups in total. The molecule has 0 spiro atoms. The molecule has 11 nitrogen and oxygen atoms in total.